The number of nitrogens with zero attached hydrogens (tertiary/aromatic N) is 4. The van der Waals surface area contributed by atoms with E-state index in [0.29, 0.717) is 11.6 Å². The number of H-pyrrole nitrogens is 1. The van der Waals surface area contributed by atoms with Gasteiger partial charge >= 0.3 is 0 Å². The number of anilines is 2. The minimum absolute atomic E-state index is 0.0536. The smallest absolute Gasteiger partial charge is 0.287 e. The molecule has 2 saturated heterocycles. The van der Waals surface area contributed by atoms with Gasteiger partial charge in [0, 0.05) is 37.3 Å². The molecular weight excluding hydrogens is 416 g/mol. The molecule has 2 aliphatic rings. The van der Waals surface area contributed by atoms with Crippen LogP contribution in [-0.2, 0) is 4.74 Å². The first-order valence-electron chi connectivity index (χ1n) is 11.0. The monoisotopic (exact) mass is 442 g/mol. The molecule has 0 saturated carbocycles. The molecule has 9 heteroatoms. The largest absolute Gasteiger partial charge is 0.382 e. The Morgan fingerprint density at radius 3 is 2.90 bits per heavy atom. The lowest BCUT2D eigenvalue weighted by molar-refractivity contribution is 0.0595. The average molecular weight is 443 g/mol. The van der Waals surface area contributed by atoms with E-state index < -0.39 is 0 Å². The van der Waals surface area contributed by atoms with Gasteiger partial charge in [-0.2, -0.15) is 10.2 Å². The molecular formula is C22H27ClN6O2. The third-order valence-electron chi connectivity index (χ3n) is 6.38. The molecule has 8 nitrogen and oxygen atoms in total. The standard InChI is InChI=1S/C22H27ClN6O2/c23-21-20(24-11-15-2-1-9-31-14-15)13-26-29(22(21)30)17-5-7-28(8-6-17)18-4-3-16-12-25-27-19(16)10-18/h3-4,10,12-13,15,17,24H,1-2,5-9,11,14H2,(H,25,27). The molecule has 164 valence electrons. The number of aromatic amines is 1. The van der Waals surface area contributed by atoms with E-state index in [1.165, 1.54) is 5.69 Å². The van der Waals surface area contributed by atoms with Crippen molar-refractivity contribution in [3.8, 4) is 0 Å². The minimum atomic E-state index is -0.219. The topological polar surface area (TPSA) is 88.1 Å². The van der Waals surface area contributed by atoms with Crippen molar-refractivity contribution in [2.45, 2.75) is 31.7 Å². The van der Waals surface area contributed by atoms with Crippen molar-refractivity contribution in [2.24, 2.45) is 5.92 Å². The number of benzene rings is 1. The molecule has 2 N–H and O–H groups in total. The quantitative estimate of drug-likeness (QED) is 0.629. The molecule has 3 aromatic rings. The van der Waals surface area contributed by atoms with Gasteiger partial charge in [0.15, 0.2) is 0 Å². The molecule has 2 fully saturated rings. The van der Waals surface area contributed by atoms with E-state index in [-0.39, 0.29) is 16.6 Å². The average Bonchev–Trinajstić information content (AvgIpc) is 3.29. The summed E-state index contributed by atoms with van der Waals surface area (Å²) in [6.45, 7) is 4.05. The van der Waals surface area contributed by atoms with Crippen LogP contribution < -0.4 is 15.8 Å². The summed E-state index contributed by atoms with van der Waals surface area (Å²) < 4.78 is 7.08. The van der Waals surface area contributed by atoms with Gasteiger partial charge in [0.1, 0.15) is 5.02 Å². The lowest BCUT2D eigenvalue weighted by Gasteiger charge is -2.34. The van der Waals surface area contributed by atoms with E-state index in [9.17, 15) is 4.79 Å². The van der Waals surface area contributed by atoms with Crippen LogP contribution >= 0.6 is 11.6 Å². The van der Waals surface area contributed by atoms with Gasteiger partial charge in [0.25, 0.3) is 5.56 Å². The molecule has 1 atom stereocenters. The van der Waals surface area contributed by atoms with Crippen LogP contribution in [0.5, 0.6) is 0 Å². The number of nitrogens with one attached hydrogen (secondary N) is 2. The van der Waals surface area contributed by atoms with Gasteiger partial charge in [0.05, 0.1) is 36.2 Å². The maximum absolute atomic E-state index is 12.9. The Balaban J connectivity index is 1.23. The molecule has 5 rings (SSSR count). The van der Waals surface area contributed by atoms with Gasteiger partial charge in [-0.3, -0.25) is 9.89 Å². The van der Waals surface area contributed by atoms with Crippen LogP contribution in [0, 0.1) is 5.92 Å². The molecule has 1 aromatic carbocycles. The second kappa shape index (κ2) is 8.88. The Hall–Kier alpha value is -2.58. The summed E-state index contributed by atoms with van der Waals surface area (Å²) in [4.78, 5) is 15.2. The Labute approximate surface area is 185 Å². The highest BCUT2D eigenvalue weighted by Crippen LogP contribution is 2.28. The van der Waals surface area contributed by atoms with Gasteiger partial charge < -0.3 is 15.0 Å². The third-order valence-corrected chi connectivity index (χ3v) is 6.75. The van der Waals surface area contributed by atoms with Crippen molar-refractivity contribution in [1.29, 1.82) is 0 Å². The fraction of sp³-hybridized carbons (Fsp3) is 0.500. The van der Waals surface area contributed by atoms with Crippen LogP contribution in [-0.4, -0.2) is 52.8 Å². The van der Waals surface area contributed by atoms with Crippen molar-refractivity contribution >= 4 is 33.9 Å². The van der Waals surface area contributed by atoms with E-state index in [1.807, 2.05) is 6.20 Å². The number of hydrogen-bond acceptors (Lipinski definition) is 6. The second-order valence-corrected chi connectivity index (χ2v) is 8.82. The number of hydrogen-bond donors (Lipinski definition) is 2. The Morgan fingerprint density at radius 2 is 2.10 bits per heavy atom. The number of rotatable bonds is 5. The predicted octanol–water partition coefficient (Wildman–Crippen LogP) is 3.45. The fourth-order valence-corrected chi connectivity index (χ4v) is 4.74. The molecule has 2 aliphatic heterocycles. The summed E-state index contributed by atoms with van der Waals surface area (Å²) in [7, 11) is 0. The second-order valence-electron chi connectivity index (χ2n) is 8.45. The number of fused-ring (bicyclic) bond motifs is 1. The Bertz CT molecular complexity index is 1100. The molecule has 0 spiro atoms. The third kappa shape index (κ3) is 4.27. The van der Waals surface area contributed by atoms with E-state index in [4.69, 9.17) is 16.3 Å². The molecule has 0 aliphatic carbocycles. The molecule has 1 unspecified atom stereocenters. The number of aromatic nitrogens is 4. The molecule has 4 heterocycles. The van der Waals surface area contributed by atoms with Gasteiger partial charge in [-0.15, -0.1) is 0 Å². The highest BCUT2D eigenvalue weighted by Gasteiger charge is 2.24. The summed E-state index contributed by atoms with van der Waals surface area (Å²) in [6.07, 6.45) is 7.41. The molecule has 0 amide bonds. The van der Waals surface area contributed by atoms with Crippen LogP contribution in [0.4, 0.5) is 11.4 Å². The zero-order chi connectivity index (χ0) is 21.2. The lowest BCUT2D eigenvalue weighted by Crippen LogP contribution is -2.38. The molecule has 0 bridgehead atoms. The summed E-state index contributed by atoms with van der Waals surface area (Å²) in [5, 5.41) is 16.2. The maximum atomic E-state index is 12.9. The maximum Gasteiger partial charge on any atom is 0.287 e. The van der Waals surface area contributed by atoms with Crippen LogP contribution in [0.1, 0.15) is 31.7 Å². The Morgan fingerprint density at radius 1 is 1.23 bits per heavy atom. The van der Waals surface area contributed by atoms with E-state index in [0.717, 1.165) is 69.4 Å². The van der Waals surface area contributed by atoms with Crippen molar-refractivity contribution < 1.29 is 4.74 Å². The summed E-state index contributed by atoms with van der Waals surface area (Å²) >= 11 is 6.42. The first kappa shape index (κ1) is 20.3. The van der Waals surface area contributed by atoms with Crippen molar-refractivity contribution in [2.75, 3.05) is 43.1 Å². The van der Waals surface area contributed by atoms with Gasteiger partial charge in [0.2, 0.25) is 0 Å². The van der Waals surface area contributed by atoms with Crippen molar-refractivity contribution in [3.63, 3.8) is 0 Å². The van der Waals surface area contributed by atoms with Crippen LogP contribution in [0.3, 0.4) is 0 Å². The Kier molecular flexibility index (Phi) is 5.82. The number of ether oxygens (including phenoxy) is 1. The predicted molar refractivity (Wildman–Crippen MR) is 122 cm³/mol. The van der Waals surface area contributed by atoms with Gasteiger partial charge in [-0.25, -0.2) is 4.68 Å². The normalized spacial score (nSPS) is 20.3. The highest BCUT2D eigenvalue weighted by atomic mass is 35.5. The minimum Gasteiger partial charge on any atom is -0.382 e. The SMILES string of the molecule is O=c1c(Cl)c(NCC2CCCOC2)cnn1C1CCN(c2ccc3cn[nH]c3c2)CC1. The highest BCUT2D eigenvalue weighted by molar-refractivity contribution is 6.32. The first-order chi connectivity index (χ1) is 15.2. The summed E-state index contributed by atoms with van der Waals surface area (Å²) in [5.74, 6) is 0.442. The number of halogens is 1. The first-order valence-corrected chi connectivity index (χ1v) is 11.3. The van der Waals surface area contributed by atoms with Gasteiger partial charge in [-0.1, -0.05) is 11.6 Å². The summed E-state index contributed by atoms with van der Waals surface area (Å²) in [6, 6.07) is 6.38. The summed E-state index contributed by atoms with van der Waals surface area (Å²) in [5.41, 5.74) is 2.59. The zero-order valence-corrected chi connectivity index (χ0v) is 18.1. The molecule has 31 heavy (non-hydrogen) atoms. The van der Waals surface area contributed by atoms with Gasteiger partial charge in [-0.05, 0) is 49.8 Å². The van der Waals surface area contributed by atoms with E-state index >= 15 is 0 Å². The van der Waals surface area contributed by atoms with Crippen LogP contribution in [0.15, 0.2) is 35.4 Å². The fourth-order valence-electron chi connectivity index (χ4n) is 4.54. The zero-order valence-electron chi connectivity index (χ0n) is 17.4. The van der Waals surface area contributed by atoms with Crippen LogP contribution in [0.25, 0.3) is 10.9 Å². The van der Waals surface area contributed by atoms with Crippen molar-refractivity contribution in [1.82, 2.24) is 20.0 Å². The van der Waals surface area contributed by atoms with E-state index in [2.05, 4.69) is 43.7 Å². The van der Waals surface area contributed by atoms with E-state index in [1.54, 1.807) is 10.9 Å². The molecule has 2 aromatic heterocycles. The lowest BCUT2D eigenvalue weighted by atomic mass is 10.0. The van der Waals surface area contributed by atoms with Crippen molar-refractivity contribution in [3.05, 3.63) is 46.0 Å². The number of piperidine rings is 1. The van der Waals surface area contributed by atoms with Crippen LogP contribution in [0.2, 0.25) is 5.02 Å². The molecule has 0 radical (unpaired) electrons.